The van der Waals surface area contributed by atoms with E-state index in [2.05, 4.69) is 20.7 Å². The number of benzene rings is 2. The van der Waals surface area contributed by atoms with Gasteiger partial charge in [0.1, 0.15) is 0 Å². The summed E-state index contributed by atoms with van der Waals surface area (Å²) in [6, 6.07) is 10.7. The lowest BCUT2D eigenvalue weighted by atomic mass is 10.1. The van der Waals surface area contributed by atoms with Crippen LogP contribution in [0.15, 0.2) is 47.7 Å². The molecule has 3 rings (SSSR count). The zero-order chi connectivity index (χ0) is 18.5. The molecule has 1 N–H and O–H groups in total. The highest BCUT2D eigenvalue weighted by Gasteiger charge is 2.15. The van der Waals surface area contributed by atoms with E-state index in [1.165, 1.54) is 20.4 Å². The maximum atomic E-state index is 11.5. The van der Waals surface area contributed by atoms with E-state index in [0.29, 0.717) is 11.4 Å². The molecule has 8 heteroatoms. The van der Waals surface area contributed by atoms with Gasteiger partial charge in [-0.25, -0.2) is 0 Å². The number of fused-ring (bicyclic) bond motifs is 1. The molecule has 0 saturated heterocycles. The van der Waals surface area contributed by atoms with Crippen molar-refractivity contribution in [2.45, 2.75) is 0 Å². The Kier molecular flexibility index (Phi) is 4.93. The molecule has 132 valence electrons. The summed E-state index contributed by atoms with van der Waals surface area (Å²) in [7, 11) is 2.78. The number of carboxylic acid groups (broad SMARTS) is 1. The average Bonchev–Trinajstić information content (AvgIpc) is 2.67. The SMILES string of the molecule is COc1ccc(/C=N\Nc2nncc3ccccc23)c(C(=O)[O-])c1OC. The number of carbonyl (C=O) groups excluding carboxylic acids is 1. The summed E-state index contributed by atoms with van der Waals surface area (Å²) in [5, 5.41) is 25.3. The lowest BCUT2D eigenvalue weighted by Crippen LogP contribution is -2.25. The Morgan fingerprint density at radius 3 is 2.73 bits per heavy atom. The highest BCUT2D eigenvalue weighted by molar-refractivity contribution is 6.01. The van der Waals surface area contributed by atoms with E-state index in [4.69, 9.17) is 9.47 Å². The molecule has 0 spiro atoms. The van der Waals surface area contributed by atoms with Crippen molar-refractivity contribution in [3.05, 3.63) is 53.7 Å². The summed E-state index contributed by atoms with van der Waals surface area (Å²) < 4.78 is 10.3. The fraction of sp³-hybridized carbons (Fsp3) is 0.111. The van der Waals surface area contributed by atoms with E-state index in [1.807, 2.05) is 24.3 Å². The maximum absolute atomic E-state index is 11.5. The van der Waals surface area contributed by atoms with Crippen molar-refractivity contribution in [2.24, 2.45) is 5.10 Å². The Balaban J connectivity index is 1.94. The summed E-state index contributed by atoms with van der Waals surface area (Å²) >= 11 is 0. The van der Waals surface area contributed by atoms with Crippen molar-refractivity contribution in [1.29, 1.82) is 0 Å². The Bertz CT molecular complexity index is 983. The number of carboxylic acids is 1. The quantitative estimate of drug-likeness (QED) is 0.529. The number of nitrogens with zero attached hydrogens (tertiary/aromatic N) is 3. The molecule has 0 aliphatic rings. The lowest BCUT2D eigenvalue weighted by Gasteiger charge is -2.15. The molecular weight excluding hydrogens is 336 g/mol. The van der Waals surface area contributed by atoms with Crippen molar-refractivity contribution in [2.75, 3.05) is 19.6 Å². The van der Waals surface area contributed by atoms with Gasteiger partial charge in [-0.05, 0) is 12.1 Å². The highest BCUT2D eigenvalue weighted by atomic mass is 16.5. The van der Waals surface area contributed by atoms with Crippen LogP contribution in [0, 0.1) is 0 Å². The minimum Gasteiger partial charge on any atom is -0.545 e. The van der Waals surface area contributed by atoms with E-state index in [0.717, 1.165) is 10.8 Å². The first-order valence-corrected chi connectivity index (χ1v) is 7.61. The molecule has 0 bridgehead atoms. The molecule has 0 aliphatic heterocycles. The summed E-state index contributed by atoms with van der Waals surface area (Å²) in [5.74, 6) is -0.583. The molecule has 0 amide bonds. The third kappa shape index (κ3) is 3.25. The Hall–Kier alpha value is -3.68. The first kappa shape index (κ1) is 17.2. The van der Waals surface area contributed by atoms with Gasteiger partial charge in [-0.15, -0.1) is 5.10 Å². The second-order valence-electron chi connectivity index (χ2n) is 5.20. The van der Waals surface area contributed by atoms with Crippen molar-refractivity contribution >= 4 is 28.8 Å². The maximum Gasteiger partial charge on any atom is 0.176 e. The fourth-order valence-electron chi connectivity index (χ4n) is 2.53. The summed E-state index contributed by atoms with van der Waals surface area (Å²) in [6.07, 6.45) is 2.99. The van der Waals surface area contributed by atoms with Gasteiger partial charge in [-0.2, -0.15) is 10.2 Å². The number of aromatic carboxylic acids is 1. The van der Waals surface area contributed by atoms with Gasteiger partial charge in [0.15, 0.2) is 17.3 Å². The summed E-state index contributed by atoms with van der Waals surface area (Å²) in [5.41, 5.74) is 2.92. The smallest absolute Gasteiger partial charge is 0.176 e. The monoisotopic (exact) mass is 351 g/mol. The van der Waals surface area contributed by atoms with Gasteiger partial charge in [0.2, 0.25) is 0 Å². The number of rotatable bonds is 6. The molecule has 0 fully saturated rings. The van der Waals surface area contributed by atoms with Crippen LogP contribution in [0.2, 0.25) is 0 Å². The largest absolute Gasteiger partial charge is 0.545 e. The topological polar surface area (TPSA) is 109 Å². The van der Waals surface area contributed by atoms with Crippen molar-refractivity contribution < 1.29 is 19.4 Å². The molecule has 1 aromatic heterocycles. The standard InChI is InChI=1S/C18H16N4O4/c1-25-14-8-7-12(15(18(23)24)16(14)26-2)10-20-22-17-13-6-4-3-5-11(13)9-19-21-17/h3-10H,1-2H3,(H,21,22)(H,23,24)/p-1/b20-10-. The van der Waals surface area contributed by atoms with E-state index in [9.17, 15) is 9.90 Å². The predicted molar refractivity (Wildman–Crippen MR) is 94.6 cm³/mol. The normalized spacial score (nSPS) is 10.8. The number of anilines is 1. The first-order chi connectivity index (χ1) is 12.7. The molecular formula is C18H15N4O4-. The molecule has 1 heterocycles. The predicted octanol–water partition coefficient (Wildman–Crippen LogP) is 1.46. The number of carbonyl (C=O) groups is 1. The molecule has 3 aromatic rings. The summed E-state index contributed by atoms with van der Waals surface area (Å²) in [4.78, 5) is 11.5. The third-order valence-corrected chi connectivity index (χ3v) is 3.73. The van der Waals surface area contributed by atoms with Crippen LogP contribution in [0.1, 0.15) is 15.9 Å². The lowest BCUT2D eigenvalue weighted by molar-refractivity contribution is -0.255. The van der Waals surface area contributed by atoms with Gasteiger partial charge in [-0.3, -0.25) is 5.43 Å². The molecule has 0 saturated carbocycles. The van der Waals surface area contributed by atoms with Gasteiger partial charge >= 0.3 is 0 Å². The van der Waals surface area contributed by atoms with E-state index in [1.54, 1.807) is 18.3 Å². The second kappa shape index (κ2) is 7.47. The molecule has 2 aromatic carbocycles. The Morgan fingerprint density at radius 1 is 1.19 bits per heavy atom. The number of aromatic nitrogens is 2. The second-order valence-corrected chi connectivity index (χ2v) is 5.20. The number of hydrazone groups is 1. The van der Waals surface area contributed by atoms with Crippen LogP contribution in [0.4, 0.5) is 5.82 Å². The van der Waals surface area contributed by atoms with Crippen LogP contribution in [0.25, 0.3) is 10.8 Å². The zero-order valence-corrected chi connectivity index (χ0v) is 14.1. The van der Waals surface area contributed by atoms with Crippen LogP contribution in [0.5, 0.6) is 11.5 Å². The number of methoxy groups -OCH3 is 2. The van der Waals surface area contributed by atoms with E-state index < -0.39 is 5.97 Å². The van der Waals surface area contributed by atoms with E-state index in [-0.39, 0.29) is 17.1 Å². The molecule has 0 aliphatic carbocycles. The van der Waals surface area contributed by atoms with Gasteiger partial charge in [0, 0.05) is 16.3 Å². The minimum atomic E-state index is -1.40. The van der Waals surface area contributed by atoms with Crippen LogP contribution in [-0.4, -0.2) is 36.6 Å². The van der Waals surface area contributed by atoms with Crippen LogP contribution in [0.3, 0.4) is 0 Å². The molecule has 8 nitrogen and oxygen atoms in total. The number of ether oxygens (including phenoxy) is 2. The van der Waals surface area contributed by atoms with Gasteiger partial charge in [-0.1, -0.05) is 24.3 Å². The third-order valence-electron chi connectivity index (χ3n) is 3.73. The van der Waals surface area contributed by atoms with E-state index >= 15 is 0 Å². The fourth-order valence-corrected chi connectivity index (χ4v) is 2.53. The molecule has 0 atom stereocenters. The summed E-state index contributed by atoms with van der Waals surface area (Å²) in [6.45, 7) is 0. The van der Waals surface area contributed by atoms with Crippen LogP contribution in [-0.2, 0) is 0 Å². The first-order valence-electron chi connectivity index (χ1n) is 7.61. The zero-order valence-electron chi connectivity index (χ0n) is 14.1. The van der Waals surface area contributed by atoms with Gasteiger partial charge in [0.25, 0.3) is 0 Å². The van der Waals surface area contributed by atoms with Crippen molar-refractivity contribution in [1.82, 2.24) is 10.2 Å². The molecule has 26 heavy (non-hydrogen) atoms. The van der Waals surface area contributed by atoms with Crippen LogP contribution < -0.4 is 20.0 Å². The Morgan fingerprint density at radius 2 is 2.00 bits per heavy atom. The highest BCUT2D eigenvalue weighted by Crippen LogP contribution is 2.32. The number of hydrogen-bond acceptors (Lipinski definition) is 8. The molecule has 0 radical (unpaired) electrons. The van der Waals surface area contributed by atoms with Gasteiger partial charge < -0.3 is 19.4 Å². The van der Waals surface area contributed by atoms with Gasteiger partial charge in [0.05, 0.1) is 38.2 Å². The number of nitrogens with one attached hydrogen (secondary N) is 1. The number of hydrogen-bond donors (Lipinski definition) is 1. The Labute approximate surface area is 149 Å². The van der Waals surface area contributed by atoms with Crippen molar-refractivity contribution in [3.8, 4) is 11.5 Å². The average molecular weight is 351 g/mol. The van der Waals surface area contributed by atoms with Crippen molar-refractivity contribution in [3.63, 3.8) is 0 Å². The molecule has 0 unspecified atom stereocenters. The minimum absolute atomic E-state index is 0.0707. The van der Waals surface area contributed by atoms with Crippen LogP contribution >= 0.6 is 0 Å².